The zero-order valence-corrected chi connectivity index (χ0v) is 13.9. The molecule has 0 saturated heterocycles. The first-order chi connectivity index (χ1) is 11.0. The third-order valence-electron chi connectivity index (χ3n) is 3.30. The summed E-state index contributed by atoms with van der Waals surface area (Å²) in [5.41, 5.74) is -0.102. The summed E-state index contributed by atoms with van der Waals surface area (Å²) in [7, 11) is -3.58. The van der Waals surface area contributed by atoms with E-state index in [0.717, 1.165) is 12.8 Å². The van der Waals surface area contributed by atoms with Gasteiger partial charge in [-0.3, -0.25) is 0 Å². The summed E-state index contributed by atoms with van der Waals surface area (Å²) in [5.74, 6) is 0. The molecule has 0 spiro atoms. The molecule has 0 saturated carbocycles. The Morgan fingerprint density at radius 1 is 1.13 bits per heavy atom. The Balaban J connectivity index is 1.94. The number of unbranched alkanes of at least 4 members (excludes halogenated alkanes) is 1. The molecular weight excluding hydrogens is 318 g/mol. The standard InChI is InChI=1S/C16H21NO5S/c1-2-3-10-21-11-4-9-17-23(19,20)14-6-7-15-13(12-14)5-8-16(18)22-15/h5-8,12,17H,2-4,9-11H2,1H3. The Bertz CT molecular complexity index is 797. The number of sulfonamides is 1. The molecule has 0 radical (unpaired) electrons. The molecule has 2 aromatic rings. The molecule has 6 nitrogen and oxygen atoms in total. The van der Waals surface area contributed by atoms with Crippen LogP contribution in [0.4, 0.5) is 0 Å². The van der Waals surface area contributed by atoms with E-state index in [-0.39, 0.29) is 4.90 Å². The second-order valence-corrected chi connectivity index (χ2v) is 6.94. The summed E-state index contributed by atoms with van der Waals surface area (Å²) < 4.78 is 37.4. The van der Waals surface area contributed by atoms with E-state index < -0.39 is 15.6 Å². The third-order valence-corrected chi connectivity index (χ3v) is 4.76. The average molecular weight is 339 g/mol. The number of hydrogen-bond acceptors (Lipinski definition) is 5. The van der Waals surface area contributed by atoms with E-state index in [0.29, 0.717) is 37.1 Å². The topological polar surface area (TPSA) is 85.6 Å². The molecule has 0 unspecified atom stereocenters. The molecule has 1 heterocycles. The average Bonchev–Trinajstić information content (AvgIpc) is 2.53. The van der Waals surface area contributed by atoms with Gasteiger partial charge in [-0.05, 0) is 37.1 Å². The highest BCUT2D eigenvalue weighted by molar-refractivity contribution is 7.89. The molecular formula is C16H21NO5S. The van der Waals surface area contributed by atoms with Crippen molar-refractivity contribution < 1.29 is 17.6 Å². The molecule has 1 aromatic heterocycles. The molecule has 7 heteroatoms. The van der Waals surface area contributed by atoms with Gasteiger partial charge < -0.3 is 9.15 Å². The zero-order chi connectivity index (χ0) is 16.7. The first-order valence-electron chi connectivity index (χ1n) is 7.64. The van der Waals surface area contributed by atoms with Crippen LogP contribution in [0.5, 0.6) is 0 Å². The van der Waals surface area contributed by atoms with Gasteiger partial charge >= 0.3 is 5.63 Å². The van der Waals surface area contributed by atoms with E-state index in [2.05, 4.69) is 11.6 Å². The number of ether oxygens (including phenoxy) is 1. The van der Waals surface area contributed by atoms with Crippen LogP contribution in [0.25, 0.3) is 11.0 Å². The van der Waals surface area contributed by atoms with Gasteiger partial charge in [0.25, 0.3) is 0 Å². The van der Waals surface area contributed by atoms with Crippen LogP contribution in [0, 0.1) is 0 Å². The van der Waals surface area contributed by atoms with Crippen LogP contribution < -0.4 is 10.3 Å². The minimum Gasteiger partial charge on any atom is -0.423 e. The summed E-state index contributed by atoms with van der Waals surface area (Å²) in [6.45, 7) is 3.65. The quantitative estimate of drug-likeness (QED) is 0.559. The fourth-order valence-electron chi connectivity index (χ4n) is 2.03. The van der Waals surface area contributed by atoms with Gasteiger partial charge in [0.2, 0.25) is 10.0 Å². The fraction of sp³-hybridized carbons (Fsp3) is 0.438. The maximum Gasteiger partial charge on any atom is 0.336 e. The largest absolute Gasteiger partial charge is 0.423 e. The number of fused-ring (bicyclic) bond motifs is 1. The maximum absolute atomic E-state index is 12.2. The minimum absolute atomic E-state index is 0.144. The molecule has 0 atom stereocenters. The number of hydrogen-bond donors (Lipinski definition) is 1. The predicted molar refractivity (Wildman–Crippen MR) is 88.0 cm³/mol. The van der Waals surface area contributed by atoms with Crippen LogP contribution in [-0.2, 0) is 14.8 Å². The SMILES string of the molecule is CCCCOCCCNS(=O)(=O)c1ccc2oc(=O)ccc2c1. The molecule has 1 N–H and O–H groups in total. The highest BCUT2D eigenvalue weighted by Crippen LogP contribution is 2.17. The zero-order valence-electron chi connectivity index (χ0n) is 13.1. The van der Waals surface area contributed by atoms with Crippen LogP contribution in [0.2, 0.25) is 0 Å². The molecule has 0 aliphatic heterocycles. The maximum atomic E-state index is 12.2. The van der Waals surface area contributed by atoms with Crippen molar-refractivity contribution in [2.45, 2.75) is 31.1 Å². The number of benzene rings is 1. The molecule has 0 bridgehead atoms. The number of nitrogens with one attached hydrogen (secondary N) is 1. The van der Waals surface area contributed by atoms with E-state index in [1.807, 2.05) is 0 Å². The molecule has 0 fully saturated rings. The van der Waals surface area contributed by atoms with Crippen LogP contribution in [-0.4, -0.2) is 28.2 Å². The van der Waals surface area contributed by atoms with Crippen molar-refractivity contribution in [3.8, 4) is 0 Å². The van der Waals surface area contributed by atoms with Gasteiger partial charge in [0.15, 0.2) is 0 Å². The lowest BCUT2D eigenvalue weighted by Gasteiger charge is -2.08. The molecule has 2 rings (SSSR count). The van der Waals surface area contributed by atoms with Crippen molar-refractivity contribution in [3.05, 3.63) is 40.8 Å². The van der Waals surface area contributed by atoms with E-state index in [4.69, 9.17) is 9.15 Å². The van der Waals surface area contributed by atoms with Crippen molar-refractivity contribution in [1.29, 1.82) is 0 Å². The van der Waals surface area contributed by atoms with Gasteiger partial charge in [0.1, 0.15) is 5.58 Å². The first kappa shape index (κ1) is 17.7. The second kappa shape index (κ2) is 8.24. The van der Waals surface area contributed by atoms with Crippen LogP contribution in [0.3, 0.4) is 0 Å². The summed E-state index contributed by atoms with van der Waals surface area (Å²) in [5, 5.41) is 0.565. The first-order valence-corrected chi connectivity index (χ1v) is 9.12. The predicted octanol–water partition coefficient (Wildman–Crippen LogP) is 2.28. The van der Waals surface area contributed by atoms with Gasteiger partial charge in [0, 0.05) is 31.2 Å². The third kappa shape index (κ3) is 5.16. The minimum atomic E-state index is -3.58. The molecule has 126 valence electrons. The Kier molecular flexibility index (Phi) is 6.32. The van der Waals surface area contributed by atoms with E-state index in [9.17, 15) is 13.2 Å². The Morgan fingerprint density at radius 3 is 2.70 bits per heavy atom. The smallest absolute Gasteiger partial charge is 0.336 e. The Labute approximate surface area is 135 Å². The van der Waals surface area contributed by atoms with Crippen molar-refractivity contribution >= 4 is 21.0 Å². The summed E-state index contributed by atoms with van der Waals surface area (Å²) in [4.78, 5) is 11.3. The molecule has 0 aliphatic carbocycles. The molecule has 0 aliphatic rings. The summed E-state index contributed by atoms with van der Waals surface area (Å²) in [6.07, 6.45) is 2.71. The molecule has 0 amide bonds. The van der Waals surface area contributed by atoms with Gasteiger partial charge in [-0.2, -0.15) is 0 Å². The van der Waals surface area contributed by atoms with Gasteiger partial charge in [0.05, 0.1) is 4.90 Å². The molecule has 23 heavy (non-hydrogen) atoms. The second-order valence-electron chi connectivity index (χ2n) is 5.17. The van der Waals surface area contributed by atoms with Gasteiger partial charge in [-0.15, -0.1) is 0 Å². The fourth-order valence-corrected chi connectivity index (χ4v) is 3.14. The van der Waals surface area contributed by atoms with Crippen molar-refractivity contribution in [1.82, 2.24) is 4.72 Å². The lowest BCUT2D eigenvalue weighted by Crippen LogP contribution is -2.25. The lowest BCUT2D eigenvalue weighted by molar-refractivity contribution is 0.130. The van der Waals surface area contributed by atoms with Crippen molar-refractivity contribution in [2.75, 3.05) is 19.8 Å². The number of rotatable bonds is 9. The van der Waals surface area contributed by atoms with Gasteiger partial charge in [-0.1, -0.05) is 13.3 Å². The van der Waals surface area contributed by atoms with Crippen LogP contribution in [0.15, 0.2) is 44.4 Å². The van der Waals surface area contributed by atoms with E-state index in [1.54, 1.807) is 6.07 Å². The van der Waals surface area contributed by atoms with E-state index in [1.165, 1.54) is 24.3 Å². The summed E-state index contributed by atoms with van der Waals surface area (Å²) >= 11 is 0. The Hall–Kier alpha value is -1.70. The highest BCUT2D eigenvalue weighted by atomic mass is 32.2. The monoisotopic (exact) mass is 339 g/mol. The van der Waals surface area contributed by atoms with Crippen molar-refractivity contribution in [3.63, 3.8) is 0 Å². The van der Waals surface area contributed by atoms with Crippen molar-refractivity contribution in [2.24, 2.45) is 0 Å². The summed E-state index contributed by atoms with van der Waals surface area (Å²) in [6, 6.07) is 7.20. The highest BCUT2D eigenvalue weighted by Gasteiger charge is 2.14. The lowest BCUT2D eigenvalue weighted by atomic mass is 10.2. The van der Waals surface area contributed by atoms with Crippen LogP contribution in [0.1, 0.15) is 26.2 Å². The van der Waals surface area contributed by atoms with E-state index >= 15 is 0 Å². The van der Waals surface area contributed by atoms with Gasteiger partial charge in [-0.25, -0.2) is 17.9 Å². The Morgan fingerprint density at radius 2 is 1.91 bits per heavy atom. The normalized spacial score (nSPS) is 11.9. The molecule has 1 aromatic carbocycles. The van der Waals surface area contributed by atoms with Crippen LogP contribution >= 0.6 is 0 Å².